The van der Waals surface area contributed by atoms with Crippen molar-refractivity contribution in [3.05, 3.63) is 30.1 Å². The molecule has 4 nitrogen and oxygen atoms in total. The zero-order valence-corrected chi connectivity index (χ0v) is 10.5. The maximum atomic E-state index is 10.9. The van der Waals surface area contributed by atoms with Crippen LogP contribution in [0.4, 0.5) is 0 Å². The Morgan fingerprint density at radius 1 is 1.44 bits per heavy atom. The first kappa shape index (κ1) is 13.1. The van der Waals surface area contributed by atoms with Crippen LogP contribution in [0.25, 0.3) is 0 Å². The van der Waals surface area contributed by atoms with Crippen LogP contribution >= 0.6 is 0 Å². The number of nitrogens with one attached hydrogen (secondary N) is 1. The van der Waals surface area contributed by atoms with Gasteiger partial charge in [0.2, 0.25) is 0 Å². The molecule has 1 N–H and O–H groups in total. The molecule has 0 aliphatic rings. The van der Waals surface area contributed by atoms with Crippen molar-refractivity contribution in [2.24, 2.45) is 0 Å². The van der Waals surface area contributed by atoms with E-state index in [1.54, 1.807) is 6.20 Å². The fourth-order valence-electron chi connectivity index (χ4n) is 1.39. The Labute approximate surface area is 97.0 Å². The molecule has 0 aromatic carbocycles. The minimum absolute atomic E-state index is 0.153. The van der Waals surface area contributed by atoms with Gasteiger partial charge in [0.25, 0.3) is 0 Å². The summed E-state index contributed by atoms with van der Waals surface area (Å²) >= 11 is 0. The molecule has 0 fully saturated rings. The Bertz CT molecular complexity index is 403. The van der Waals surface area contributed by atoms with Crippen molar-refractivity contribution in [2.75, 3.05) is 18.6 Å². The van der Waals surface area contributed by atoms with Crippen LogP contribution in [0.5, 0.6) is 0 Å². The highest BCUT2D eigenvalue weighted by molar-refractivity contribution is 7.90. The van der Waals surface area contributed by atoms with Crippen molar-refractivity contribution in [1.29, 1.82) is 0 Å². The number of hydrogen-bond acceptors (Lipinski definition) is 4. The van der Waals surface area contributed by atoms with E-state index < -0.39 is 9.84 Å². The third-order valence-corrected chi connectivity index (χ3v) is 3.30. The lowest BCUT2D eigenvalue weighted by Gasteiger charge is -2.12. The van der Waals surface area contributed by atoms with E-state index in [0.29, 0.717) is 13.0 Å². The van der Waals surface area contributed by atoms with Crippen LogP contribution in [0.15, 0.2) is 24.4 Å². The molecule has 0 radical (unpaired) electrons. The molecular formula is C11H18N2O2S. The third kappa shape index (κ3) is 5.23. The third-order valence-electron chi connectivity index (χ3n) is 2.27. The Morgan fingerprint density at radius 2 is 2.19 bits per heavy atom. The molecule has 1 aromatic rings. The number of aromatic nitrogens is 1. The zero-order chi connectivity index (χ0) is 12.0. The van der Waals surface area contributed by atoms with Crippen molar-refractivity contribution in [3.8, 4) is 0 Å². The first-order valence-electron chi connectivity index (χ1n) is 5.31. The van der Waals surface area contributed by atoms with Crippen LogP contribution in [-0.4, -0.2) is 32.0 Å². The van der Waals surface area contributed by atoms with Gasteiger partial charge in [0.15, 0.2) is 0 Å². The number of hydrogen-bond donors (Lipinski definition) is 1. The van der Waals surface area contributed by atoms with Crippen LogP contribution in [-0.2, 0) is 9.84 Å². The Kier molecular flexibility index (Phi) is 4.89. The van der Waals surface area contributed by atoms with Gasteiger partial charge in [-0.15, -0.1) is 0 Å². The van der Waals surface area contributed by atoms with E-state index in [1.807, 2.05) is 25.1 Å². The number of nitrogens with zero attached hydrogens (tertiary/aromatic N) is 1. The fraction of sp³-hybridized carbons (Fsp3) is 0.545. The predicted octanol–water partition coefficient (Wildman–Crippen LogP) is 1.17. The summed E-state index contributed by atoms with van der Waals surface area (Å²) < 4.78 is 21.8. The molecule has 0 spiro atoms. The van der Waals surface area contributed by atoms with Gasteiger partial charge in [-0.2, -0.15) is 0 Å². The van der Waals surface area contributed by atoms with Gasteiger partial charge in [-0.25, -0.2) is 8.42 Å². The van der Waals surface area contributed by atoms with Gasteiger partial charge >= 0.3 is 0 Å². The molecule has 1 rings (SSSR count). The summed E-state index contributed by atoms with van der Waals surface area (Å²) in [5.41, 5.74) is 0.974. The summed E-state index contributed by atoms with van der Waals surface area (Å²) in [5.74, 6) is 0.231. The van der Waals surface area contributed by atoms with Crippen LogP contribution in [0.3, 0.4) is 0 Å². The minimum atomic E-state index is -2.84. The monoisotopic (exact) mass is 242 g/mol. The van der Waals surface area contributed by atoms with Crippen molar-refractivity contribution in [1.82, 2.24) is 10.3 Å². The van der Waals surface area contributed by atoms with Crippen molar-refractivity contribution in [2.45, 2.75) is 19.4 Å². The molecule has 0 unspecified atom stereocenters. The molecule has 0 saturated heterocycles. The molecule has 1 aromatic heterocycles. The lowest BCUT2D eigenvalue weighted by molar-refractivity contribution is 0.552. The Hall–Kier alpha value is -0.940. The zero-order valence-electron chi connectivity index (χ0n) is 9.68. The lowest BCUT2D eigenvalue weighted by Crippen LogP contribution is -2.22. The average Bonchev–Trinajstić information content (AvgIpc) is 2.24. The minimum Gasteiger partial charge on any atom is -0.309 e. The smallest absolute Gasteiger partial charge is 0.147 e. The number of pyridine rings is 1. The van der Waals surface area contributed by atoms with Crippen molar-refractivity contribution < 1.29 is 8.42 Å². The van der Waals surface area contributed by atoms with Gasteiger partial charge in [-0.3, -0.25) is 4.98 Å². The van der Waals surface area contributed by atoms with Crippen molar-refractivity contribution in [3.63, 3.8) is 0 Å². The second kappa shape index (κ2) is 5.96. The van der Waals surface area contributed by atoms with Crippen LogP contribution in [0, 0.1) is 0 Å². The van der Waals surface area contributed by atoms with Gasteiger partial charge < -0.3 is 5.32 Å². The maximum Gasteiger partial charge on any atom is 0.147 e. The molecule has 1 heterocycles. The van der Waals surface area contributed by atoms with Gasteiger partial charge in [-0.05, 0) is 32.0 Å². The summed E-state index contributed by atoms with van der Waals surface area (Å²) in [6, 6.07) is 5.92. The van der Waals surface area contributed by atoms with E-state index in [9.17, 15) is 8.42 Å². The molecule has 90 valence electrons. The maximum absolute atomic E-state index is 10.9. The summed E-state index contributed by atoms with van der Waals surface area (Å²) in [6.07, 6.45) is 3.65. The summed E-state index contributed by atoms with van der Waals surface area (Å²) in [7, 11) is -2.84. The van der Waals surface area contributed by atoms with E-state index in [-0.39, 0.29) is 11.8 Å². The van der Waals surface area contributed by atoms with E-state index in [2.05, 4.69) is 10.3 Å². The highest BCUT2D eigenvalue weighted by Crippen LogP contribution is 2.07. The van der Waals surface area contributed by atoms with E-state index in [1.165, 1.54) is 6.26 Å². The topological polar surface area (TPSA) is 59.1 Å². The normalized spacial score (nSPS) is 13.6. The quantitative estimate of drug-likeness (QED) is 0.761. The van der Waals surface area contributed by atoms with Gasteiger partial charge in [0, 0.05) is 18.5 Å². The Balaban J connectivity index is 2.29. The molecular weight excluding hydrogens is 224 g/mol. The largest absolute Gasteiger partial charge is 0.309 e. The second-order valence-corrected chi connectivity index (χ2v) is 6.17. The second-order valence-electron chi connectivity index (χ2n) is 3.91. The number of rotatable bonds is 6. The Morgan fingerprint density at radius 3 is 2.75 bits per heavy atom. The van der Waals surface area contributed by atoms with E-state index in [0.717, 1.165) is 5.69 Å². The van der Waals surface area contributed by atoms with Crippen LogP contribution in [0.2, 0.25) is 0 Å². The predicted molar refractivity (Wildman–Crippen MR) is 65.0 cm³/mol. The SMILES string of the molecule is C[C@H](NCCCS(C)(=O)=O)c1ccccn1. The van der Waals surface area contributed by atoms with Gasteiger partial charge in [0.05, 0.1) is 11.4 Å². The summed E-state index contributed by atoms with van der Waals surface area (Å²) in [5, 5.41) is 3.24. The molecule has 0 aliphatic heterocycles. The molecule has 0 amide bonds. The molecule has 16 heavy (non-hydrogen) atoms. The summed E-state index contributed by atoms with van der Waals surface area (Å²) in [6.45, 7) is 2.70. The first-order valence-corrected chi connectivity index (χ1v) is 7.37. The van der Waals surface area contributed by atoms with E-state index >= 15 is 0 Å². The number of sulfone groups is 1. The fourth-order valence-corrected chi connectivity index (χ4v) is 2.06. The molecule has 1 atom stereocenters. The molecule has 0 aliphatic carbocycles. The van der Waals surface area contributed by atoms with Crippen LogP contribution in [0.1, 0.15) is 25.1 Å². The molecule has 0 saturated carbocycles. The highest BCUT2D eigenvalue weighted by atomic mass is 32.2. The molecule has 5 heteroatoms. The lowest BCUT2D eigenvalue weighted by atomic mass is 10.2. The van der Waals surface area contributed by atoms with Crippen molar-refractivity contribution >= 4 is 9.84 Å². The standard InChI is InChI=1S/C11H18N2O2S/c1-10(11-6-3-4-7-13-11)12-8-5-9-16(2,14)15/h3-4,6-7,10,12H,5,8-9H2,1-2H3/t10-/m0/s1. The van der Waals surface area contributed by atoms with E-state index in [4.69, 9.17) is 0 Å². The van der Waals surface area contributed by atoms with Gasteiger partial charge in [0.1, 0.15) is 9.84 Å². The van der Waals surface area contributed by atoms with Gasteiger partial charge in [-0.1, -0.05) is 6.07 Å². The molecule has 0 bridgehead atoms. The average molecular weight is 242 g/mol. The first-order chi connectivity index (χ1) is 7.49. The highest BCUT2D eigenvalue weighted by Gasteiger charge is 2.06. The summed E-state index contributed by atoms with van der Waals surface area (Å²) in [4.78, 5) is 4.23. The van der Waals surface area contributed by atoms with Crippen LogP contribution < -0.4 is 5.32 Å².